The molecule has 0 saturated heterocycles. The van der Waals surface area contributed by atoms with E-state index in [1.165, 1.54) is 7.11 Å². The molecule has 2 rings (SSSR count). The fourth-order valence-corrected chi connectivity index (χ4v) is 2.51. The lowest BCUT2D eigenvalue weighted by molar-refractivity contribution is -0.191. The second-order valence-electron chi connectivity index (χ2n) is 5.65. The van der Waals surface area contributed by atoms with Gasteiger partial charge in [0.25, 0.3) is 0 Å². The Labute approximate surface area is 142 Å². The topological polar surface area (TPSA) is 65.0 Å². The van der Waals surface area contributed by atoms with Crippen LogP contribution < -0.4 is 4.74 Å². The van der Waals surface area contributed by atoms with Gasteiger partial charge in [0.05, 0.1) is 25.7 Å². The summed E-state index contributed by atoms with van der Waals surface area (Å²) < 4.78 is 16.3. The van der Waals surface area contributed by atoms with Crippen LogP contribution in [-0.2, 0) is 9.47 Å². The summed E-state index contributed by atoms with van der Waals surface area (Å²) in [4.78, 5) is 12.6. The summed E-state index contributed by atoms with van der Waals surface area (Å²) in [6.45, 7) is 2.60. The van der Waals surface area contributed by atoms with E-state index in [0.29, 0.717) is 17.9 Å². The van der Waals surface area contributed by atoms with Crippen LogP contribution in [0.5, 0.6) is 5.75 Å². The predicted octanol–water partition coefficient (Wildman–Crippen LogP) is 3.81. The van der Waals surface area contributed by atoms with Gasteiger partial charge in [-0.05, 0) is 30.7 Å². The first-order valence-corrected chi connectivity index (χ1v) is 8.04. The van der Waals surface area contributed by atoms with Crippen LogP contribution >= 0.6 is 0 Å². The molecule has 24 heavy (non-hydrogen) atoms. The average molecular weight is 332 g/mol. The highest BCUT2D eigenvalue weighted by Crippen LogP contribution is 2.31. The summed E-state index contributed by atoms with van der Waals surface area (Å²) in [5.41, 5.74) is 0.701. The molecule has 0 fully saturated rings. The number of hydrogen-bond acceptors (Lipinski definition) is 5. The Balaban J connectivity index is 2.19. The summed E-state index contributed by atoms with van der Waals surface area (Å²) in [6, 6.07) is 6.84. The van der Waals surface area contributed by atoms with E-state index in [-0.39, 0.29) is 23.5 Å². The molecule has 1 aromatic rings. The number of aliphatic hydroxyl groups is 1. The number of rotatable bonds is 8. The van der Waals surface area contributed by atoms with E-state index in [2.05, 4.69) is 6.92 Å². The van der Waals surface area contributed by atoms with Crippen molar-refractivity contribution in [3.8, 4) is 5.75 Å². The van der Waals surface area contributed by atoms with E-state index < -0.39 is 5.79 Å². The zero-order chi connectivity index (χ0) is 17.6. The molecular weight excluding hydrogens is 308 g/mol. The highest BCUT2D eigenvalue weighted by molar-refractivity contribution is 6.11. The van der Waals surface area contributed by atoms with Crippen LogP contribution in [0.15, 0.2) is 47.7 Å². The number of aliphatic hydroxyl groups excluding tert-OH is 1. The Morgan fingerprint density at radius 1 is 1.33 bits per heavy atom. The second-order valence-corrected chi connectivity index (χ2v) is 5.65. The number of ether oxygens (including phenoxy) is 3. The Bertz CT molecular complexity index is 647. The zero-order valence-electron chi connectivity index (χ0n) is 14.4. The maximum atomic E-state index is 12.6. The molecule has 0 bridgehead atoms. The van der Waals surface area contributed by atoms with Gasteiger partial charge in [0, 0.05) is 12.7 Å². The number of allylic oxidation sites excluding steroid dienone is 2. The van der Waals surface area contributed by atoms with Crippen molar-refractivity contribution in [3.63, 3.8) is 0 Å². The van der Waals surface area contributed by atoms with E-state index in [0.717, 1.165) is 12.8 Å². The number of hydrogen-bond donors (Lipinski definition) is 1. The quantitative estimate of drug-likeness (QED) is 0.445. The molecule has 1 aliphatic carbocycles. The molecule has 5 nitrogen and oxygen atoms in total. The first kappa shape index (κ1) is 18.2. The summed E-state index contributed by atoms with van der Waals surface area (Å²) in [7, 11) is 3.07. The third-order valence-corrected chi connectivity index (χ3v) is 4.00. The summed E-state index contributed by atoms with van der Waals surface area (Å²) >= 11 is 0. The van der Waals surface area contributed by atoms with Gasteiger partial charge in [-0.25, -0.2) is 0 Å². The lowest BCUT2D eigenvalue weighted by atomic mass is 9.93. The Morgan fingerprint density at radius 3 is 2.75 bits per heavy atom. The fraction of sp³-hybridized carbons (Fsp3) is 0.421. The molecule has 1 N–H and O–H groups in total. The van der Waals surface area contributed by atoms with Crippen molar-refractivity contribution in [3.05, 3.63) is 53.3 Å². The van der Waals surface area contributed by atoms with Gasteiger partial charge in [-0.2, -0.15) is 0 Å². The molecular formula is C19H24O5. The lowest BCUT2D eigenvalue weighted by Crippen LogP contribution is -2.36. The molecule has 1 atom stereocenters. The molecule has 130 valence electrons. The minimum Gasteiger partial charge on any atom is -0.511 e. The predicted molar refractivity (Wildman–Crippen MR) is 91.3 cm³/mol. The van der Waals surface area contributed by atoms with E-state index in [9.17, 15) is 9.90 Å². The van der Waals surface area contributed by atoms with Gasteiger partial charge in [0.1, 0.15) is 11.5 Å². The van der Waals surface area contributed by atoms with Crippen LogP contribution in [0.3, 0.4) is 0 Å². The minimum absolute atomic E-state index is 0.0383. The Morgan fingerprint density at radius 2 is 2.12 bits per heavy atom. The molecule has 0 radical (unpaired) electrons. The number of carbonyl (C=O) groups is 1. The van der Waals surface area contributed by atoms with Crippen LogP contribution in [0, 0.1) is 0 Å². The fourth-order valence-electron chi connectivity index (χ4n) is 2.51. The number of unbranched alkanes of at least 4 members (excludes halogenated alkanes) is 1. The average Bonchev–Trinajstić information content (AvgIpc) is 2.61. The second kappa shape index (κ2) is 8.13. The molecule has 1 unspecified atom stereocenters. The third-order valence-electron chi connectivity index (χ3n) is 4.00. The van der Waals surface area contributed by atoms with Crippen LogP contribution in [0.1, 0.15) is 36.5 Å². The number of carbonyl (C=O) groups excluding carboxylic acids is 1. The molecule has 0 spiro atoms. The molecule has 0 aromatic heterocycles. The third kappa shape index (κ3) is 4.04. The molecule has 0 amide bonds. The number of benzene rings is 1. The van der Waals surface area contributed by atoms with Gasteiger partial charge in [0.15, 0.2) is 11.6 Å². The normalized spacial score (nSPS) is 20.3. The largest absolute Gasteiger partial charge is 0.511 e. The van der Waals surface area contributed by atoms with Crippen molar-refractivity contribution in [2.45, 2.75) is 32.0 Å². The highest BCUT2D eigenvalue weighted by atomic mass is 16.7. The number of Topliss-reactive ketones (excluding diaryl/α,β-unsaturated/α-hetero) is 1. The van der Waals surface area contributed by atoms with E-state index in [1.54, 1.807) is 43.5 Å². The standard InChI is InChI=1S/C19H24O5/c1-4-5-11-24-19(23-3)10-9-16(17(20)13-19)18(21)14-7-6-8-15(12-14)22-2/h6-10,12,20H,4-5,11,13H2,1-3H3. The summed E-state index contributed by atoms with van der Waals surface area (Å²) in [5, 5.41) is 10.4. The van der Waals surface area contributed by atoms with Crippen LogP contribution in [-0.4, -0.2) is 37.5 Å². The van der Waals surface area contributed by atoms with Crippen molar-refractivity contribution in [2.24, 2.45) is 0 Å². The van der Waals surface area contributed by atoms with Crippen molar-refractivity contribution in [2.75, 3.05) is 20.8 Å². The van der Waals surface area contributed by atoms with Crippen LogP contribution in [0.4, 0.5) is 0 Å². The highest BCUT2D eigenvalue weighted by Gasteiger charge is 2.34. The van der Waals surface area contributed by atoms with E-state index >= 15 is 0 Å². The van der Waals surface area contributed by atoms with Crippen molar-refractivity contribution in [1.29, 1.82) is 0 Å². The number of methoxy groups -OCH3 is 2. The maximum absolute atomic E-state index is 12.6. The number of ketones is 1. The molecule has 5 heteroatoms. The Hall–Kier alpha value is -2.11. The maximum Gasteiger partial charge on any atom is 0.196 e. The summed E-state index contributed by atoms with van der Waals surface area (Å²) in [6.07, 6.45) is 5.27. The Kier molecular flexibility index (Phi) is 6.17. The summed E-state index contributed by atoms with van der Waals surface area (Å²) in [5.74, 6) is -0.725. The van der Waals surface area contributed by atoms with Crippen molar-refractivity contribution in [1.82, 2.24) is 0 Å². The van der Waals surface area contributed by atoms with Crippen molar-refractivity contribution < 1.29 is 24.1 Å². The first-order valence-electron chi connectivity index (χ1n) is 8.04. The zero-order valence-corrected chi connectivity index (χ0v) is 14.4. The lowest BCUT2D eigenvalue weighted by Gasteiger charge is -2.32. The van der Waals surface area contributed by atoms with E-state index in [4.69, 9.17) is 14.2 Å². The van der Waals surface area contributed by atoms with Gasteiger partial charge >= 0.3 is 0 Å². The van der Waals surface area contributed by atoms with Gasteiger partial charge in [-0.3, -0.25) is 4.79 Å². The SMILES string of the molecule is CCCCOC1(OC)C=CC(C(=O)c2cccc(OC)c2)=C(O)C1. The smallest absolute Gasteiger partial charge is 0.196 e. The monoisotopic (exact) mass is 332 g/mol. The molecule has 1 aromatic carbocycles. The molecule has 1 aliphatic rings. The molecule has 0 saturated carbocycles. The van der Waals surface area contributed by atoms with Crippen molar-refractivity contribution >= 4 is 5.78 Å². The van der Waals surface area contributed by atoms with Crippen LogP contribution in [0.25, 0.3) is 0 Å². The van der Waals surface area contributed by atoms with Gasteiger partial charge in [-0.1, -0.05) is 25.5 Å². The first-order chi connectivity index (χ1) is 11.5. The van der Waals surface area contributed by atoms with Gasteiger partial charge in [0.2, 0.25) is 0 Å². The minimum atomic E-state index is -1.02. The van der Waals surface area contributed by atoms with Gasteiger partial charge in [-0.15, -0.1) is 0 Å². The molecule has 0 heterocycles. The molecule has 0 aliphatic heterocycles. The van der Waals surface area contributed by atoms with E-state index in [1.807, 2.05) is 0 Å². The van der Waals surface area contributed by atoms with Crippen LogP contribution in [0.2, 0.25) is 0 Å². The van der Waals surface area contributed by atoms with Gasteiger partial charge < -0.3 is 19.3 Å².